The number of hydrogen-bond donors (Lipinski definition) is 2. The van der Waals surface area contributed by atoms with Crippen LogP contribution in [-0.2, 0) is 4.79 Å². The van der Waals surface area contributed by atoms with Crippen LogP contribution in [0.2, 0.25) is 0 Å². The number of benzene rings is 2. The van der Waals surface area contributed by atoms with E-state index in [-0.39, 0.29) is 18.9 Å². The molecule has 150 valence electrons. The molecule has 2 N–H and O–H groups in total. The number of hydrazine groups is 1. The Morgan fingerprint density at radius 3 is 2.57 bits per heavy atom. The first kappa shape index (κ1) is 21.6. The molecule has 0 saturated carbocycles. The number of methoxy groups -OCH3 is 1. The van der Waals surface area contributed by atoms with Crippen LogP contribution < -0.4 is 25.1 Å². The lowest BCUT2D eigenvalue weighted by molar-refractivity contribution is -0.122. The molecule has 2 amide bonds. The summed E-state index contributed by atoms with van der Waals surface area (Å²) in [7, 11) is 1.49. The van der Waals surface area contributed by atoms with Crippen LogP contribution in [0.1, 0.15) is 29.3 Å². The molecule has 0 spiro atoms. The second kappa shape index (κ2) is 10.6. The summed E-state index contributed by atoms with van der Waals surface area (Å²) in [5, 5.41) is 0. The van der Waals surface area contributed by atoms with Gasteiger partial charge in [-0.3, -0.25) is 20.4 Å². The van der Waals surface area contributed by atoms with Gasteiger partial charge in [-0.1, -0.05) is 12.1 Å². The molecular weight excluding hydrogens is 428 g/mol. The van der Waals surface area contributed by atoms with Crippen molar-refractivity contribution in [3.05, 3.63) is 52.0 Å². The first-order valence-corrected chi connectivity index (χ1v) is 9.52. The van der Waals surface area contributed by atoms with E-state index in [2.05, 4.69) is 26.8 Å². The smallest absolute Gasteiger partial charge is 0.269 e. The summed E-state index contributed by atoms with van der Waals surface area (Å²) in [4.78, 5) is 24.2. The van der Waals surface area contributed by atoms with Gasteiger partial charge < -0.3 is 14.2 Å². The van der Waals surface area contributed by atoms with Crippen LogP contribution in [0.5, 0.6) is 17.2 Å². The maximum absolute atomic E-state index is 12.3. The predicted molar refractivity (Wildman–Crippen MR) is 109 cm³/mol. The van der Waals surface area contributed by atoms with Crippen LogP contribution in [0, 0.1) is 6.92 Å². The number of halogens is 1. The van der Waals surface area contributed by atoms with Crippen LogP contribution in [-0.4, -0.2) is 32.1 Å². The van der Waals surface area contributed by atoms with Gasteiger partial charge in [0, 0.05) is 5.56 Å². The molecule has 2 aromatic rings. The van der Waals surface area contributed by atoms with E-state index in [9.17, 15) is 9.59 Å². The van der Waals surface area contributed by atoms with Gasteiger partial charge in [-0.25, -0.2) is 0 Å². The highest BCUT2D eigenvalue weighted by molar-refractivity contribution is 9.10. The number of hydrogen-bond acceptors (Lipinski definition) is 5. The van der Waals surface area contributed by atoms with Crippen LogP contribution >= 0.6 is 15.9 Å². The minimum Gasteiger partial charge on any atom is -0.493 e. The summed E-state index contributed by atoms with van der Waals surface area (Å²) in [5.41, 5.74) is 6.13. The van der Waals surface area contributed by atoms with Gasteiger partial charge >= 0.3 is 0 Å². The molecule has 0 saturated heterocycles. The van der Waals surface area contributed by atoms with Crippen LogP contribution in [0.15, 0.2) is 40.9 Å². The molecule has 0 bridgehead atoms. The van der Waals surface area contributed by atoms with E-state index in [0.717, 1.165) is 5.56 Å². The average molecular weight is 451 g/mol. The summed E-state index contributed by atoms with van der Waals surface area (Å²) in [5.74, 6) is 0.786. The van der Waals surface area contributed by atoms with Crippen molar-refractivity contribution in [3.63, 3.8) is 0 Å². The third-order valence-electron chi connectivity index (χ3n) is 3.68. The van der Waals surface area contributed by atoms with Crippen molar-refractivity contribution in [2.24, 2.45) is 0 Å². The second-order valence-electron chi connectivity index (χ2n) is 5.84. The monoisotopic (exact) mass is 450 g/mol. The second-order valence-corrected chi connectivity index (χ2v) is 6.69. The zero-order valence-electron chi connectivity index (χ0n) is 16.0. The van der Waals surface area contributed by atoms with E-state index in [1.807, 2.05) is 38.1 Å². The number of carbonyl (C=O) groups excluding carboxylic acids is 2. The molecule has 7 nitrogen and oxygen atoms in total. The zero-order chi connectivity index (χ0) is 20.5. The Hall–Kier alpha value is -2.74. The van der Waals surface area contributed by atoms with Gasteiger partial charge in [-0.15, -0.1) is 0 Å². The molecule has 0 atom stereocenters. The number of aryl methyl sites for hydroxylation is 1. The lowest BCUT2D eigenvalue weighted by Gasteiger charge is -2.13. The Labute approximate surface area is 172 Å². The lowest BCUT2D eigenvalue weighted by Crippen LogP contribution is -2.42. The van der Waals surface area contributed by atoms with Gasteiger partial charge in [0.2, 0.25) is 5.91 Å². The molecular formula is C20H23BrN2O5. The largest absolute Gasteiger partial charge is 0.493 e. The van der Waals surface area contributed by atoms with Crippen molar-refractivity contribution in [2.75, 3.05) is 20.3 Å². The first-order chi connectivity index (χ1) is 13.4. The fourth-order valence-electron chi connectivity index (χ4n) is 2.36. The summed E-state index contributed by atoms with van der Waals surface area (Å²) in [6.07, 6.45) is 0.102. The van der Waals surface area contributed by atoms with E-state index >= 15 is 0 Å². The fraction of sp³-hybridized carbons (Fsp3) is 0.300. The molecule has 0 aliphatic carbocycles. The summed E-state index contributed by atoms with van der Waals surface area (Å²) in [6.45, 7) is 4.48. The van der Waals surface area contributed by atoms with Gasteiger partial charge in [0.05, 0.1) is 31.2 Å². The number of nitrogens with one attached hydrogen (secondary N) is 2. The SMILES string of the molecule is CCOc1c(Br)cc(C(=O)NNC(=O)CCOc2cccc(C)c2)cc1OC. The standard InChI is InChI=1S/C20H23BrN2O5/c1-4-27-19-16(21)11-14(12-17(19)26-3)20(25)23-22-18(24)8-9-28-15-7-5-6-13(2)10-15/h5-7,10-12H,4,8-9H2,1-3H3,(H,22,24)(H,23,25). The lowest BCUT2D eigenvalue weighted by atomic mass is 10.2. The molecule has 0 heterocycles. The highest BCUT2D eigenvalue weighted by atomic mass is 79.9. The number of ether oxygens (including phenoxy) is 3. The van der Waals surface area contributed by atoms with E-state index in [0.29, 0.717) is 33.9 Å². The van der Waals surface area contributed by atoms with Crippen LogP contribution in [0.25, 0.3) is 0 Å². The van der Waals surface area contributed by atoms with Crippen LogP contribution in [0.4, 0.5) is 0 Å². The molecule has 0 unspecified atom stereocenters. The van der Waals surface area contributed by atoms with Crippen molar-refractivity contribution in [3.8, 4) is 17.2 Å². The summed E-state index contributed by atoms with van der Waals surface area (Å²) < 4.78 is 16.9. The Kier molecular flexibility index (Phi) is 8.13. The molecule has 2 aromatic carbocycles. The third-order valence-corrected chi connectivity index (χ3v) is 4.27. The Morgan fingerprint density at radius 1 is 1.11 bits per heavy atom. The van der Waals surface area contributed by atoms with Gasteiger partial charge in [0.25, 0.3) is 5.91 Å². The van der Waals surface area contributed by atoms with Crippen molar-refractivity contribution in [1.82, 2.24) is 10.9 Å². The highest BCUT2D eigenvalue weighted by Gasteiger charge is 2.16. The summed E-state index contributed by atoms with van der Waals surface area (Å²) in [6, 6.07) is 10.7. The fourth-order valence-corrected chi connectivity index (χ4v) is 2.92. The molecule has 8 heteroatoms. The molecule has 0 aliphatic heterocycles. The Balaban J connectivity index is 1.85. The average Bonchev–Trinajstić information content (AvgIpc) is 2.67. The van der Waals surface area contributed by atoms with Crippen molar-refractivity contribution in [1.29, 1.82) is 0 Å². The van der Waals surface area contributed by atoms with E-state index < -0.39 is 5.91 Å². The normalized spacial score (nSPS) is 10.1. The number of carbonyl (C=O) groups is 2. The van der Waals surface area contributed by atoms with Crippen molar-refractivity contribution < 1.29 is 23.8 Å². The first-order valence-electron chi connectivity index (χ1n) is 8.73. The topological polar surface area (TPSA) is 85.9 Å². The molecule has 2 rings (SSSR count). The molecule has 0 radical (unpaired) electrons. The van der Waals surface area contributed by atoms with E-state index in [1.165, 1.54) is 13.2 Å². The highest BCUT2D eigenvalue weighted by Crippen LogP contribution is 2.36. The third kappa shape index (κ3) is 6.16. The maximum Gasteiger partial charge on any atom is 0.269 e. The molecule has 0 aromatic heterocycles. The Morgan fingerprint density at radius 2 is 1.89 bits per heavy atom. The van der Waals surface area contributed by atoms with Gasteiger partial charge in [0.1, 0.15) is 5.75 Å². The van der Waals surface area contributed by atoms with Crippen molar-refractivity contribution in [2.45, 2.75) is 20.3 Å². The number of amides is 2. The van der Waals surface area contributed by atoms with E-state index in [4.69, 9.17) is 14.2 Å². The maximum atomic E-state index is 12.3. The summed E-state index contributed by atoms with van der Waals surface area (Å²) >= 11 is 3.36. The minimum atomic E-state index is -0.477. The predicted octanol–water partition coefficient (Wildman–Crippen LogP) is 3.39. The number of rotatable bonds is 8. The molecule has 0 fully saturated rings. The van der Waals surface area contributed by atoms with E-state index in [1.54, 1.807) is 6.07 Å². The minimum absolute atomic E-state index is 0.102. The Bertz CT molecular complexity index is 841. The van der Waals surface area contributed by atoms with Crippen molar-refractivity contribution >= 4 is 27.7 Å². The van der Waals surface area contributed by atoms with Gasteiger partial charge in [-0.05, 0) is 59.6 Å². The van der Waals surface area contributed by atoms with Gasteiger partial charge in [-0.2, -0.15) is 0 Å². The zero-order valence-corrected chi connectivity index (χ0v) is 17.6. The van der Waals surface area contributed by atoms with Crippen LogP contribution in [0.3, 0.4) is 0 Å². The van der Waals surface area contributed by atoms with Gasteiger partial charge in [0.15, 0.2) is 11.5 Å². The molecule has 28 heavy (non-hydrogen) atoms. The molecule has 0 aliphatic rings. The quantitative estimate of drug-likeness (QED) is 0.601.